The molecule has 3 nitrogen and oxygen atoms in total. The highest BCUT2D eigenvalue weighted by Gasteiger charge is 2.44. The molecule has 80 valence electrons. The SMILES string of the molecule is C#CC(C)NC1(CN)CC(C)OC1C. The fraction of sp³-hybridized carbons (Fsp3) is 0.818. The van der Waals surface area contributed by atoms with Gasteiger partial charge in [0.25, 0.3) is 0 Å². The molecule has 0 saturated carbocycles. The van der Waals surface area contributed by atoms with E-state index >= 15 is 0 Å². The Bertz CT molecular complexity index is 236. The quantitative estimate of drug-likeness (QED) is 0.646. The zero-order chi connectivity index (χ0) is 10.8. The first-order valence-corrected chi connectivity index (χ1v) is 5.13. The van der Waals surface area contributed by atoms with E-state index in [9.17, 15) is 0 Å². The van der Waals surface area contributed by atoms with Gasteiger partial charge in [-0.3, -0.25) is 5.32 Å². The van der Waals surface area contributed by atoms with E-state index in [0.29, 0.717) is 6.54 Å². The summed E-state index contributed by atoms with van der Waals surface area (Å²) >= 11 is 0. The second kappa shape index (κ2) is 4.31. The lowest BCUT2D eigenvalue weighted by Gasteiger charge is -2.33. The molecule has 1 rings (SSSR count). The van der Waals surface area contributed by atoms with Crippen molar-refractivity contribution in [2.75, 3.05) is 6.54 Å². The summed E-state index contributed by atoms with van der Waals surface area (Å²) in [6.07, 6.45) is 6.66. The van der Waals surface area contributed by atoms with Gasteiger partial charge in [-0.15, -0.1) is 6.42 Å². The van der Waals surface area contributed by atoms with E-state index in [1.807, 2.05) is 13.8 Å². The third kappa shape index (κ3) is 2.09. The van der Waals surface area contributed by atoms with E-state index in [1.54, 1.807) is 0 Å². The Morgan fingerprint density at radius 1 is 1.71 bits per heavy atom. The van der Waals surface area contributed by atoms with Crippen molar-refractivity contribution >= 4 is 0 Å². The van der Waals surface area contributed by atoms with Gasteiger partial charge in [0.05, 0.1) is 23.8 Å². The smallest absolute Gasteiger partial charge is 0.0745 e. The molecule has 14 heavy (non-hydrogen) atoms. The number of hydrogen-bond donors (Lipinski definition) is 2. The normalized spacial score (nSPS) is 39.4. The zero-order valence-corrected chi connectivity index (χ0v) is 9.21. The Morgan fingerprint density at radius 2 is 2.36 bits per heavy atom. The van der Waals surface area contributed by atoms with Gasteiger partial charge < -0.3 is 10.5 Å². The van der Waals surface area contributed by atoms with Crippen LogP contribution in [0.1, 0.15) is 27.2 Å². The maximum absolute atomic E-state index is 5.81. The summed E-state index contributed by atoms with van der Waals surface area (Å²) in [5, 5.41) is 3.39. The van der Waals surface area contributed by atoms with Crippen molar-refractivity contribution in [3.63, 3.8) is 0 Å². The van der Waals surface area contributed by atoms with E-state index in [1.165, 1.54) is 0 Å². The second-order valence-electron chi connectivity index (χ2n) is 4.19. The number of rotatable bonds is 3. The van der Waals surface area contributed by atoms with Crippen molar-refractivity contribution in [2.24, 2.45) is 5.73 Å². The van der Waals surface area contributed by atoms with Crippen molar-refractivity contribution in [3.05, 3.63) is 0 Å². The number of terminal acetylenes is 1. The predicted octanol–water partition coefficient (Wildman–Crippen LogP) is 0.492. The average Bonchev–Trinajstić information content (AvgIpc) is 2.42. The molecular weight excluding hydrogens is 176 g/mol. The van der Waals surface area contributed by atoms with Crippen LogP contribution in [-0.2, 0) is 4.74 Å². The molecule has 1 fully saturated rings. The molecule has 4 atom stereocenters. The van der Waals surface area contributed by atoms with Gasteiger partial charge in [0.15, 0.2) is 0 Å². The molecule has 1 saturated heterocycles. The zero-order valence-electron chi connectivity index (χ0n) is 9.21. The van der Waals surface area contributed by atoms with E-state index in [2.05, 4.69) is 18.2 Å². The fourth-order valence-electron chi connectivity index (χ4n) is 2.16. The fourth-order valence-corrected chi connectivity index (χ4v) is 2.16. The van der Waals surface area contributed by atoms with Crippen LogP contribution in [0.5, 0.6) is 0 Å². The van der Waals surface area contributed by atoms with Crippen LogP contribution in [0.3, 0.4) is 0 Å². The molecule has 0 aromatic heterocycles. The summed E-state index contributed by atoms with van der Waals surface area (Å²) < 4.78 is 5.70. The lowest BCUT2D eigenvalue weighted by atomic mass is 9.89. The number of hydrogen-bond acceptors (Lipinski definition) is 3. The second-order valence-corrected chi connectivity index (χ2v) is 4.19. The Hall–Kier alpha value is -0.560. The average molecular weight is 196 g/mol. The summed E-state index contributed by atoms with van der Waals surface area (Å²) in [5.74, 6) is 2.66. The summed E-state index contributed by atoms with van der Waals surface area (Å²) in [5.41, 5.74) is 5.67. The van der Waals surface area contributed by atoms with Crippen molar-refractivity contribution in [1.29, 1.82) is 0 Å². The Morgan fingerprint density at radius 3 is 2.71 bits per heavy atom. The van der Waals surface area contributed by atoms with Gasteiger partial charge >= 0.3 is 0 Å². The minimum absolute atomic E-state index is 0.0369. The van der Waals surface area contributed by atoms with Gasteiger partial charge in [0.1, 0.15) is 0 Å². The molecular formula is C11H20N2O. The van der Waals surface area contributed by atoms with Crippen LogP contribution in [-0.4, -0.2) is 30.3 Å². The molecule has 3 heteroatoms. The van der Waals surface area contributed by atoms with Crippen LogP contribution < -0.4 is 11.1 Å². The van der Waals surface area contributed by atoms with Crippen LogP contribution in [0.25, 0.3) is 0 Å². The number of nitrogens with one attached hydrogen (secondary N) is 1. The summed E-state index contributed by atoms with van der Waals surface area (Å²) in [7, 11) is 0. The molecule has 0 spiro atoms. The molecule has 0 bridgehead atoms. The third-order valence-corrected chi connectivity index (χ3v) is 2.98. The lowest BCUT2D eigenvalue weighted by molar-refractivity contribution is 0.0441. The molecule has 1 aliphatic heterocycles. The third-order valence-electron chi connectivity index (χ3n) is 2.98. The molecule has 1 aliphatic rings. The highest BCUT2D eigenvalue weighted by atomic mass is 16.5. The minimum Gasteiger partial charge on any atom is -0.374 e. The molecule has 0 aromatic carbocycles. The Labute approximate surface area is 86.4 Å². The first-order chi connectivity index (χ1) is 6.54. The largest absolute Gasteiger partial charge is 0.374 e. The van der Waals surface area contributed by atoms with Crippen LogP contribution in [0.2, 0.25) is 0 Å². The molecule has 0 aliphatic carbocycles. The van der Waals surface area contributed by atoms with E-state index < -0.39 is 0 Å². The van der Waals surface area contributed by atoms with E-state index in [4.69, 9.17) is 16.9 Å². The first-order valence-electron chi connectivity index (χ1n) is 5.13. The van der Waals surface area contributed by atoms with Gasteiger partial charge in [-0.1, -0.05) is 5.92 Å². The van der Waals surface area contributed by atoms with Crippen LogP contribution in [0, 0.1) is 12.3 Å². The Kier molecular flexibility index (Phi) is 3.54. The molecule has 0 amide bonds. The summed E-state index contributed by atoms with van der Waals surface area (Å²) in [6, 6.07) is 0.0369. The molecule has 0 aromatic rings. The Balaban J connectivity index is 2.72. The van der Waals surface area contributed by atoms with Crippen molar-refractivity contribution in [1.82, 2.24) is 5.32 Å². The van der Waals surface area contributed by atoms with Crippen molar-refractivity contribution < 1.29 is 4.74 Å². The summed E-state index contributed by atoms with van der Waals surface area (Å²) in [6.45, 7) is 6.64. The standard InChI is InChI=1S/C11H20N2O/c1-5-8(2)13-11(7-12)6-9(3)14-10(11)4/h1,8-10,13H,6-7,12H2,2-4H3. The van der Waals surface area contributed by atoms with Crippen LogP contribution >= 0.6 is 0 Å². The first kappa shape index (κ1) is 11.5. The number of nitrogens with two attached hydrogens (primary N) is 1. The van der Waals surface area contributed by atoms with Gasteiger partial charge in [-0.25, -0.2) is 0 Å². The van der Waals surface area contributed by atoms with Gasteiger partial charge in [0, 0.05) is 6.54 Å². The van der Waals surface area contributed by atoms with Gasteiger partial charge in [0.2, 0.25) is 0 Å². The highest BCUT2D eigenvalue weighted by Crippen LogP contribution is 2.29. The van der Waals surface area contributed by atoms with Crippen LogP contribution in [0.4, 0.5) is 0 Å². The molecule has 4 unspecified atom stereocenters. The minimum atomic E-state index is -0.148. The monoisotopic (exact) mass is 196 g/mol. The van der Waals surface area contributed by atoms with E-state index in [0.717, 1.165) is 6.42 Å². The molecule has 1 heterocycles. The molecule has 0 radical (unpaired) electrons. The predicted molar refractivity (Wildman–Crippen MR) is 57.8 cm³/mol. The highest BCUT2D eigenvalue weighted by molar-refractivity contribution is 5.07. The maximum atomic E-state index is 5.81. The lowest BCUT2D eigenvalue weighted by Crippen LogP contribution is -2.58. The van der Waals surface area contributed by atoms with Crippen molar-refractivity contribution in [2.45, 2.75) is 51.0 Å². The number of ether oxygens (including phenoxy) is 1. The van der Waals surface area contributed by atoms with Crippen molar-refractivity contribution in [3.8, 4) is 12.3 Å². The van der Waals surface area contributed by atoms with Crippen LogP contribution in [0.15, 0.2) is 0 Å². The summed E-state index contributed by atoms with van der Waals surface area (Å²) in [4.78, 5) is 0. The van der Waals surface area contributed by atoms with E-state index in [-0.39, 0.29) is 23.8 Å². The maximum Gasteiger partial charge on any atom is 0.0745 e. The molecule has 3 N–H and O–H groups in total. The van der Waals surface area contributed by atoms with Gasteiger partial charge in [-0.05, 0) is 27.2 Å². The topological polar surface area (TPSA) is 47.3 Å². The van der Waals surface area contributed by atoms with Gasteiger partial charge in [-0.2, -0.15) is 0 Å².